The SMILES string of the molecule is CC(C)CC(=O)Nc1ccc(NC(=S)NC(=O)c2ccc(OCCc3ccccc3)c(Br)c2)cc1. The molecule has 0 unspecified atom stereocenters. The maximum atomic E-state index is 12.6. The quantitative estimate of drug-likeness (QED) is 0.275. The molecule has 0 spiro atoms. The van der Waals surface area contributed by atoms with E-state index in [1.54, 1.807) is 42.5 Å². The fourth-order valence-corrected chi connectivity index (χ4v) is 3.94. The van der Waals surface area contributed by atoms with Crippen LogP contribution in [0.4, 0.5) is 11.4 Å². The van der Waals surface area contributed by atoms with Gasteiger partial charge in [-0.25, -0.2) is 0 Å². The summed E-state index contributed by atoms with van der Waals surface area (Å²) in [7, 11) is 0. The van der Waals surface area contributed by atoms with Crippen LogP contribution in [0.1, 0.15) is 36.2 Å². The van der Waals surface area contributed by atoms with Crippen molar-refractivity contribution in [3.8, 4) is 5.75 Å². The summed E-state index contributed by atoms with van der Waals surface area (Å²) in [6, 6.07) is 22.4. The molecule has 6 nitrogen and oxygen atoms in total. The van der Waals surface area contributed by atoms with E-state index in [-0.39, 0.29) is 16.9 Å². The summed E-state index contributed by atoms with van der Waals surface area (Å²) < 4.78 is 6.53. The predicted molar refractivity (Wildman–Crippen MR) is 148 cm³/mol. The molecular weight excluding hydrogens is 526 g/mol. The van der Waals surface area contributed by atoms with Crippen molar-refractivity contribution in [3.63, 3.8) is 0 Å². The summed E-state index contributed by atoms with van der Waals surface area (Å²) in [6.07, 6.45) is 1.26. The lowest BCUT2D eigenvalue weighted by atomic mass is 10.1. The number of hydrogen-bond acceptors (Lipinski definition) is 4. The standard InChI is InChI=1S/C27H28BrN3O3S/c1-18(2)16-25(32)29-21-9-11-22(12-10-21)30-27(35)31-26(33)20-8-13-24(23(28)17-20)34-15-14-19-6-4-3-5-7-19/h3-13,17-18H,14-16H2,1-2H3,(H,29,32)(H2,30,31,33,35). The summed E-state index contributed by atoms with van der Waals surface area (Å²) >= 11 is 8.75. The van der Waals surface area contributed by atoms with Crippen LogP contribution < -0.4 is 20.7 Å². The Labute approximate surface area is 219 Å². The van der Waals surface area contributed by atoms with Crippen LogP contribution in [-0.2, 0) is 11.2 Å². The molecule has 0 bridgehead atoms. The Bertz CT molecular complexity index is 1170. The van der Waals surface area contributed by atoms with Gasteiger partial charge in [0.2, 0.25) is 5.91 Å². The normalized spacial score (nSPS) is 10.5. The molecule has 3 rings (SSSR count). The second-order valence-electron chi connectivity index (χ2n) is 8.36. The van der Waals surface area contributed by atoms with Gasteiger partial charge in [0, 0.05) is 29.8 Å². The van der Waals surface area contributed by atoms with Gasteiger partial charge >= 0.3 is 0 Å². The number of rotatable bonds is 9. The monoisotopic (exact) mass is 553 g/mol. The van der Waals surface area contributed by atoms with Crippen LogP contribution in [0.3, 0.4) is 0 Å². The number of halogens is 1. The van der Waals surface area contributed by atoms with E-state index in [2.05, 4.69) is 44.0 Å². The molecule has 3 N–H and O–H groups in total. The van der Waals surface area contributed by atoms with Gasteiger partial charge in [-0.1, -0.05) is 44.2 Å². The maximum absolute atomic E-state index is 12.6. The van der Waals surface area contributed by atoms with Gasteiger partial charge < -0.3 is 15.4 Å². The van der Waals surface area contributed by atoms with Crippen molar-refractivity contribution in [1.82, 2.24) is 5.32 Å². The van der Waals surface area contributed by atoms with Crippen LogP contribution >= 0.6 is 28.1 Å². The third-order valence-electron chi connectivity index (χ3n) is 4.93. The number of ether oxygens (including phenoxy) is 1. The second-order valence-corrected chi connectivity index (χ2v) is 9.62. The van der Waals surface area contributed by atoms with Crippen LogP contribution in [0.5, 0.6) is 5.75 Å². The van der Waals surface area contributed by atoms with E-state index in [0.29, 0.717) is 46.1 Å². The number of thiocarbonyl (C=S) groups is 1. The van der Waals surface area contributed by atoms with Crippen LogP contribution in [0.2, 0.25) is 0 Å². The summed E-state index contributed by atoms with van der Waals surface area (Å²) in [6.45, 7) is 4.52. The first-order chi connectivity index (χ1) is 16.8. The molecule has 0 radical (unpaired) electrons. The number of nitrogens with one attached hydrogen (secondary N) is 3. The van der Waals surface area contributed by atoms with E-state index in [4.69, 9.17) is 17.0 Å². The van der Waals surface area contributed by atoms with Crippen LogP contribution in [0.25, 0.3) is 0 Å². The zero-order valence-electron chi connectivity index (χ0n) is 19.6. The fourth-order valence-electron chi connectivity index (χ4n) is 3.24. The largest absolute Gasteiger partial charge is 0.492 e. The molecule has 35 heavy (non-hydrogen) atoms. The summed E-state index contributed by atoms with van der Waals surface area (Å²) in [5.74, 6) is 0.596. The van der Waals surface area contributed by atoms with E-state index in [9.17, 15) is 9.59 Å². The van der Waals surface area contributed by atoms with Crippen molar-refractivity contribution in [2.75, 3.05) is 17.2 Å². The third-order valence-corrected chi connectivity index (χ3v) is 5.76. The van der Waals surface area contributed by atoms with Gasteiger partial charge in [-0.2, -0.15) is 0 Å². The topological polar surface area (TPSA) is 79.5 Å². The molecule has 0 aromatic heterocycles. The van der Waals surface area contributed by atoms with Gasteiger partial charge in [-0.15, -0.1) is 0 Å². The molecule has 2 amide bonds. The smallest absolute Gasteiger partial charge is 0.257 e. The Hall–Kier alpha value is -3.23. The van der Waals surface area contributed by atoms with Gasteiger partial charge in [0.1, 0.15) is 5.75 Å². The average Bonchev–Trinajstić information content (AvgIpc) is 2.81. The van der Waals surface area contributed by atoms with Crippen molar-refractivity contribution in [3.05, 3.63) is 88.4 Å². The highest BCUT2D eigenvalue weighted by molar-refractivity contribution is 9.10. The third kappa shape index (κ3) is 8.81. The molecule has 0 saturated carbocycles. The van der Waals surface area contributed by atoms with Gasteiger partial charge in [-0.3, -0.25) is 14.9 Å². The highest BCUT2D eigenvalue weighted by Gasteiger charge is 2.12. The van der Waals surface area contributed by atoms with Crippen molar-refractivity contribution in [1.29, 1.82) is 0 Å². The molecule has 0 aliphatic heterocycles. The number of amides is 2. The first-order valence-corrected chi connectivity index (χ1v) is 12.5. The lowest BCUT2D eigenvalue weighted by Gasteiger charge is -2.12. The highest BCUT2D eigenvalue weighted by Crippen LogP contribution is 2.26. The van der Waals surface area contributed by atoms with Gasteiger partial charge in [0.15, 0.2) is 5.11 Å². The summed E-state index contributed by atoms with van der Waals surface area (Å²) in [5.41, 5.74) is 3.04. The highest BCUT2D eigenvalue weighted by atomic mass is 79.9. The zero-order chi connectivity index (χ0) is 25.2. The average molecular weight is 555 g/mol. The Morgan fingerprint density at radius 2 is 1.60 bits per heavy atom. The molecule has 182 valence electrons. The number of benzene rings is 3. The Kier molecular flexibility index (Phi) is 9.81. The first kappa shape index (κ1) is 26.4. The van der Waals surface area contributed by atoms with Crippen molar-refractivity contribution >= 4 is 56.4 Å². The van der Waals surface area contributed by atoms with Gasteiger partial charge in [-0.05, 0) is 82.1 Å². The van der Waals surface area contributed by atoms with E-state index in [0.717, 1.165) is 6.42 Å². The minimum absolute atomic E-state index is 0.0257. The minimum atomic E-state index is -0.336. The van der Waals surface area contributed by atoms with Gasteiger partial charge in [0.05, 0.1) is 11.1 Å². The van der Waals surface area contributed by atoms with Crippen molar-refractivity contribution in [2.45, 2.75) is 26.7 Å². The van der Waals surface area contributed by atoms with E-state index >= 15 is 0 Å². The molecule has 0 fully saturated rings. The molecule has 3 aromatic rings. The minimum Gasteiger partial charge on any atom is -0.492 e. The fraction of sp³-hybridized carbons (Fsp3) is 0.222. The Morgan fingerprint density at radius 1 is 0.943 bits per heavy atom. The van der Waals surface area contributed by atoms with E-state index < -0.39 is 0 Å². The lowest BCUT2D eigenvalue weighted by Crippen LogP contribution is -2.34. The van der Waals surface area contributed by atoms with Crippen molar-refractivity contribution in [2.24, 2.45) is 5.92 Å². The number of hydrogen-bond donors (Lipinski definition) is 3. The predicted octanol–water partition coefficient (Wildman–Crippen LogP) is 6.18. The molecule has 0 heterocycles. The summed E-state index contributed by atoms with van der Waals surface area (Å²) in [5, 5.41) is 8.68. The first-order valence-electron chi connectivity index (χ1n) is 11.3. The summed E-state index contributed by atoms with van der Waals surface area (Å²) in [4.78, 5) is 24.5. The second kappa shape index (κ2) is 13.0. The molecule has 3 aromatic carbocycles. The molecule has 8 heteroatoms. The van der Waals surface area contributed by atoms with Crippen LogP contribution in [0.15, 0.2) is 77.3 Å². The molecule has 0 aliphatic carbocycles. The van der Waals surface area contributed by atoms with E-state index in [1.807, 2.05) is 32.0 Å². The Balaban J connectivity index is 1.48. The lowest BCUT2D eigenvalue weighted by molar-refractivity contribution is -0.116. The zero-order valence-corrected chi connectivity index (χ0v) is 22.0. The van der Waals surface area contributed by atoms with Crippen LogP contribution in [0, 0.1) is 5.92 Å². The van der Waals surface area contributed by atoms with E-state index in [1.165, 1.54) is 5.56 Å². The number of anilines is 2. The maximum Gasteiger partial charge on any atom is 0.257 e. The molecule has 0 saturated heterocycles. The number of carbonyl (C=O) groups is 2. The van der Waals surface area contributed by atoms with Crippen LogP contribution in [-0.4, -0.2) is 23.5 Å². The molecular formula is C27H28BrN3O3S. The molecule has 0 aliphatic rings. The molecule has 0 atom stereocenters. The number of carbonyl (C=O) groups excluding carboxylic acids is 2. The van der Waals surface area contributed by atoms with Crippen molar-refractivity contribution < 1.29 is 14.3 Å². The Morgan fingerprint density at radius 3 is 2.23 bits per heavy atom. The van der Waals surface area contributed by atoms with Gasteiger partial charge in [0.25, 0.3) is 5.91 Å².